The highest BCUT2D eigenvalue weighted by Gasteiger charge is 2.37. The molecule has 166 valence electrons. The monoisotopic (exact) mass is 496 g/mol. The van der Waals surface area contributed by atoms with Crippen LogP contribution in [0.3, 0.4) is 0 Å². The minimum Gasteiger partial charge on any atom is -0.360 e. The van der Waals surface area contributed by atoms with E-state index in [0.29, 0.717) is 44.2 Å². The van der Waals surface area contributed by atoms with Crippen LogP contribution < -0.4 is 0 Å². The lowest BCUT2D eigenvalue weighted by Crippen LogP contribution is -2.41. The quantitative estimate of drug-likeness (QED) is 0.296. The van der Waals surface area contributed by atoms with Crippen LogP contribution in [0, 0.1) is 6.92 Å². The molecule has 1 aromatic heterocycles. The van der Waals surface area contributed by atoms with Gasteiger partial charge >= 0.3 is 0 Å². The Hall–Kier alpha value is -2.79. The average molecular weight is 498 g/mol. The van der Waals surface area contributed by atoms with Crippen molar-refractivity contribution in [2.45, 2.75) is 19.4 Å². The zero-order chi connectivity index (χ0) is 23.1. The maximum atomic E-state index is 14.1. The van der Waals surface area contributed by atoms with Gasteiger partial charge in [-0.2, -0.15) is 0 Å². The molecular formula is C26H19Cl3N2O2. The molecule has 1 aliphatic heterocycles. The molecule has 0 unspecified atom stereocenters. The highest BCUT2D eigenvalue weighted by Crippen LogP contribution is 2.42. The molecule has 7 heteroatoms. The Morgan fingerprint density at radius 2 is 1.55 bits per heavy atom. The van der Waals surface area contributed by atoms with Crippen molar-refractivity contribution >= 4 is 40.7 Å². The van der Waals surface area contributed by atoms with Crippen molar-refractivity contribution in [3.8, 4) is 11.3 Å². The molecule has 1 aliphatic rings. The van der Waals surface area contributed by atoms with Crippen molar-refractivity contribution in [3.05, 3.63) is 110 Å². The number of carbonyl (C=O) groups excluding carboxylic acids is 1. The average Bonchev–Trinajstić information content (AvgIpc) is 3.19. The summed E-state index contributed by atoms with van der Waals surface area (Å²) in [6.07, 6.45) is 0.732. The number of aromatic nitrogens is 1. The van der Waals surface area contributed by atoms with Gasteiger partial charge < -0.3 is 9.42 Å². The largest absolute Gasteiger partial charge is 0.360 e. The first-order valence-corrected chi connectivity index (χ1v) is 11.6. The van der Waals surface area contributed by atoms with Crippen LogP contribution >= 0.6 is 34.8 Å². The summed E-state index contributed by atoms with van der Waals surface area (Å²) in [6.45, 7) is 2.24. The van der Waals surface area contributed by atoms with E-state index in [9.17, 15) is 4.79 Å². The second-order valence-corrected chi connectivity index (χ2v) is 9.15. The Balaban J connectivity index is 1.67. The van der Waals surface area contributed by atoms with Crippen molar-refractivity contribution in [2.24, 2.45) is 0 Å². The Morgan fingerprint density at radius 3 is 2.27 bits per heavy atom. The van der Waals surface area contributed by atoms with Crippen molar-refractivity contribution in [1.29, 1.82) is 0 Å². The van der Waals surface area contributed by atoms with E-state index in [1.54, 1.807) is 25.1 Å². The molecule has 0 saturated heterocycles. The van der Waals surface area contributed by atoms with E-state index in [2.05, 4.69) is 17.3 Å². The number of hydrogen-bond acceptors (Lipinski definition) is 3. The highest BCUT2D eigenvalue weighted by atomic mass is 35.5. The van der Waals surface area contributed by atoms with Gasteiger partial charge in [0, 0.05) is 17.1 Å². The van der Waals surface area contributed by atoms with Crippen LogP contribution in [-0.4, -0.2) is 22.5 Å². The van der Waals surface area contributed by atoms with Crippen LogP contribution in [0.5, 0.6) is 0 Å². The topological polar surface area (TPSA) is 46.3 Å². The molecule has 0 saturated carbocycles. The molecule has 0 bridgehead atoms. The maximum Gasteiger partial charge on any atom is 0.260 e. The molecule has 0 radical (unpaired) electrons. The van der Waals surface area contributed by atoms with E-state index in [1.165, 1.54) is 5.56 Å². The molecule has 0 aliphatic carbocycles. The van der Waals surface area contributed by atoms with Gasteiger partial charge in [0.25, 0.3) is 5.91 Å². The first kappa shape index (κ1) is 22.0. The van der Waals surface area contributed by atoms with Gasteiger partial charge in [0.05, 0.1) is 16.1 Å². The minimum absolute atomic E-state index is 0.209. The molecule has 0 fully saturated rings. The molecule has 0 N–H and O–H groups in total. The second-order valence-electron chi connectivity index (χ2n) is 7.93. The SMILES string of the molecule is Cc1onc(-c2c(Cl)cccc2Cl)c1C(=O)N1CCc2ccccc2[C@@H]1c1ccccc1Cl. The number of aryl methyl sites for hydroxylation is 1. The van der Waals surface area contributed by atoms with Crippen LogP contribution in [-0.2, 0) is 6.42 Å². The number of fused-ring (bicyclic) bond motifs is 1. The van der Waals surface area contributed by atoms with Gasteiger partial charge in [-0.05, 0) is 48.2 Å². The number of benzene rings is 3. The standard InChI is InChI=1S/C26H19Cl3N2O2/c1-15-22(24(30-33-15)23-20(28)11-6-12-21(23)29)26(32)31-14-13-16-7-2-3-8-17(16)25(31)18-9-4-5-10-19(18)27/h2-12,25H,13-14H2,1H3/t25-/m1/s1. The van der Waals surface area contributed by atoms with E-state index in [0.717, 1.165) is 17.5 Å². The third-order valence-electron chi connectivity index (χ3n) is 6.02. The zero-order valence-electron chi connectivity index (χ0n) is 17.7. The number of amides is 1. The van der Waals surface area contributed by atoms with Gasteiger partial charge in [0.15, 0.2) is 0 Å². The third-order valence-corrected chi connectivity index (χ3v) is 6.99. The molecule has 1 atom stereocenters. The molecule has 4 nitrogen and oxygen atoms in total. The van der Waals surface area contributed by atoms with Gasteiger partial charge in [-0.25, -0.2) is 0 Å². The van der Waals surface area contributed by atoms with E-state index < -0.39 is 0 Å². The lowest BCUT2D eigenvalue weighted by molar-refractivity contribution is 0.0693. The smallest absolute Gasteiger partial charge is 0.260 e. The predicted molar refractivity (Wildman–Crippen MR) is 131 cm³/mol. The summed E-state index contributed by atoms with van der Waals surface area (Å²) in [7, 11) is 0. The Labute approximate surface area is 206 Å². The number of rotatable bonds is 3. The maximum absolute atomic E-state index is 14.1. The van der Waals surface area contributed by atoms with Gasteiger partial charge in [-0.1, -0.05) is 88.5 Å². The molecular weight excluding hydrogens is 479 g/mol. The first-order chi connectivity index (χ1) is 16.0. The first-order valence-electron chi connectivity index (χ1n) is 10.5. The minimum atomic E-state index is -0.347. The summed E-state index contributed by atoms with van der Waals surface area (Å²) in [4.78, 5) is 15.9. The van der Waals surface area contributed by atoms with Crippen LogP contribution in [0.15, 0.2) is 71.3 Å². The van der Waals surface area contributed by atoms with Crippen LogP contribution in [0.1, 0.15) is 38.9 Å². The van der Waals surface area contributed by atoms with Crippen molar-refractivity contribution in [2.75, 3.05) is 6.54 Å². The summed E-state index contributed by atoms with van der Waals surface area (Å²) in [5, 5.41) is 5.57. The molecule has 5 rings (SSSR count). The fourth-order valence-corrected chi connectivity index (χ4v) is 5.30. The second kappa shape index (κ2) is 8.86. The number of nitrogens with zero attached hydrogens (tertiary/aromatic N) is 2. The predicted octanol–water partition coefficient (Wildman–Crippen LogP) is 7.40. The number of halogens is 3. The van der Waals surface area contributed by atoms with Crippen LogP contribution in [0.4, 0.5) is 0 Å². The van der Waals surface area contributed by atoms with E-state index in [-0.39, 0.29) is 11.9 Å². The van der Waals surface area contributed by atoms with E-state index >= 15 is 0 Å². The third kappa shape index (κ3) is 3.82. The van der Waals surface area contributed by atoms with Crippen molar-refractivity contribution < 1.29 is 9.32 Å². The fourth-order valence-electron chi connectivity index (χ4n) is 4.48. The summed E-state index contributed by atoms with van der Waals surface area (Å²) in [5.74, 6) is 0.196. The molecule has 1 amide bonds. The van der Waals surface area contributed by atoms with Crippen LogP contribution in [0.2, 0.25) is 15.1 Å². The summed E-state index contributed by atoms with van der Waals surface area (Å²) in [6, 6.07) is 20.6. The summed E-state index contributed by atoms with van der Waals surface area (Å²) >= 11 is 19.5. The Morgan fingerprint density at radius 1 is 0.909 bits per heavy atom. The highest BCUT2D eigenvalue weighted by molar-refractivity contribution is 6.39. The summed E-state index contributed by atoms with van der Waals surface area (Å²) in [5.41, 5.74) is 4.28. The van der Waals surface area contributed by atoms with Gasteiger partial charge in [0.2, 0.25) is 0 Å². The molecule has 3 aromatic carbocycles. The molecule has 0 spiro atoms. The Bertz CT molecular complexity index is 1350. The van der Waals surface area contributed by atoms with Gasteiger partial charge in [0.1, 0.15) is 17.0 Å². The molecule has 33 heavy (non-hydrogen) atoms. The van der Waals surface area contributed by atoms with Crippen LogP contribution in [0.25, 0.3) is 11.3 Å². The fraction of sp³-hybridized carbons (Fsp3) is 0.154. The lowest BCUT2D eigenvalue weighted by Gasteiger charge is -2.38. The number of carbonyl (C=O) groups is 1. The van der Waals surface area contributed by atoms with Gasteiger partial charge in [-0.3, -0.25) is 4.79 Å². The van der Waals surface area contributed by atoms with Crippen molar-refractivity contribution in [1.82, 2.24) is 10.1 Å². The van der Waals surface area contributed by atoms with Gasteiger partial charge in [-0.15, -0.1) is 0 Å². The molecule has 2 heterocycles. The van der Waals surface area contributed by atoms with E-state index in [4.69, 9.17) is 39.3 Å². The van der Waals surface area contributed by atoms with E-state index in [1.807, 2.05) is 41.3 Å². The molecule has 4 aromatic rings. The Kier molecular flexibility index (Phi) is 5.92. The zero-order valence-corrected chi connectivity index (χ0v) is 20.0. The normalized spacial score (nSPS) is 15.4. The van der Waals surface area contributed by atoms with Crippen molar-refractivity contribution in [3.63, 3.8) is 0 Å². The lowest BCUT2D eigenvalue weighted by atomic mass is 9.87. The number of hydrogen-bond donors (Lipinski definition) is 0. The summed E-state index contributed by atoms with van der Waals surface area (Å²) < 4.78 is 5.47.